The van der Waals surface area contributed by atoms with E-state index in [0.29, 0.717) is 11.0 Å². The van der Waals surface area contributed by atoms with Gasteiger partial charge in [-0.05, 0) is 23.8 Å². The molecule has 0 radical (unpaired) electrons. The largest absolute Gasteiger partial charge is 1.00 e. The first-order valence-corrected chi connectivity index (χ1v) is 5.38. The van der Waals surface area contributed by atoms with Crippen LogP contribution in [0.15, 0.2) is 29.7 Å². The molecule has 0 aliphatic carbocycles. The van der Waals surface area contributed by atoms with Gasteiger partial charge in [0, 0.05) is 0 Å². The van der Waals surface area contributed by atoms with Crippen LogP contribution in [0.5, 0.6) is 0 Å². The zero-order valence-electron chi connectivity index (χ0n) is 9.49. The molecular formula is C9H9LiO5S. The second kappa shape index (κ2) is 5.87. The summed E-state index contributed by atoms with van der Waals surface area (Å²) in [5.41, 5.74) is 0.431. The monoisotopic (exact) mass is 236 g/mol. The first-order chi connectivity index (χ1) is 6.88. The minimum Gasteiger partial charge on any atom is -1.00 e. The molecule has 1 aromatic rings. The van der Waals surface area contributed by atoms with Crippen LogP contribution < -0.4 is 18.9 Å². The average Bonchev–Trinajstić information content (AvgIpc) is 2.14. The fraction of sp³-hybridized carbons (Fsp3) is 0. The Morgan fingerprint density at radius 3 is 2.50 bits per heavy atom. The van der Waals surface area contributed by atoms with Crippen molar-refractivity contribution in [2.45, 2.75) is 0 Å². The van der Waals surface area contributed by atoms with E-state index in [1.165, 1.54) is 24.3 Å². The molecule has 0 saturated heterocycles. The van der Waals surface area contributed by atoms with Gasteiger partial charge in [0.2, 0.25) is 0 Å². The third-order valence-corrected chi connectivity index (χ3v) is 2.05. The van der Waals surface area contributed by atoms with Crippen LogP contribution in [-0.4, -0.2) is 24.0 Å². The van der Waals surface area contributed by atoms with Crippen LogP contribution >= 0.6 is 0 Å². The van der Waals surface area contributed by atoms with Gasteiger partial charge in [0.15, 0.2) is 0 Å². The molecule has 0 saturated carbocycles. The Kier molecular flexibility index (Phi) is 5.48. The summed E-state index contributed by atoms with van der Waals surface area (Å²) in [7, 11) is -4.18. The summed E-state index contributed by atoms with van der Waals surface area (Å²) in [6, 6.07) is 5.68. The van der Waals surface area contributed by atoms with E-state index in [0.717, 1.165) is 6.08 Å². The minimum atomic E-state index is -4.18. The molecule has 0 unspecified atom stereocenters. The molecule has 0 aliphatic rings. The van der Waals surface area contributed by atoms with Gasteiger partial charge >= 0.3 is 24.8 Å². The van der Waals surface area contributed by atoms with Gasteiger partial charge in [-0.15, -0.1) is 0 Å². The molecule has 0 spiro atoms. The molecule has 5 nitrogen and oxygen atoms in total. The molecule has 1 rings (SSSR count). The number of carbonyl (C=O) groups is 1. The van der Waals surface area contributed by atoms with Gasteiger partial charge in [0.1, 0.15) is 0 Å². The molecular weight excluding hydrogens is 227 g/mol. The van der Waals surface area contributed by atoms with E-state index in [1.807, 2.05) is 0 Å². The molecule has 1 aromatic carbocycles. The molecule has 82 valence electrons. The fourth-order valence-corrected chi connectivity index (χ4v) is 1.27. The maximum Gasteiger partial charge on any atom is 1.00 e. The summed E-state index contributed by atoms with van der Waals surface area (Å²) in [6.07, 6.45) is 1.11. The maximum atomic E-state index is 10.6. The third-order valence-electron chi connectivity index (χ3n) is 1.57. The van der Waals surface area contributed by atoms with Gasteiger partial charge in [-0.3, -0.25) is 4.55 Å². The zero-order chi connectivity index (χ0) is 11.5. The van der Waals surface area contributed by atoms with E-state index in [-0.39, 0.29) is 25.9 Å². The molecule has 0 amide bonds. The van der Waals surface area contributed by atoms with Crippen molar-refractivity contribution in [1.29, 1.82) is 0 Å². The van der Waals surface area contributed by atoms with Crippen LogP contribution in [0.3, 0.4) is 0 Å². The fourth-order valence-electron chi connectivity index (χ4n) is 0.940. The van der Waals surface area contributed by atoms with Crippen LogP contribution in [-0.2, 0) is 10.1 Å². The van der Waals surface area contributed by atoms with Gasteiger partial charge in [0.05, 0.1) is 11.0 Å². The van der Waals surface area contributed by atoms with E-state index in [1.54, 1.807) is 0 Å². The molecule has 0 fully saturated rings. The van der Waals surface area contributed by atoms with Crippen molar-refractivity contribution in [2.75, 3.05) is 0 Å². The van der Waals surface area contributed by atoms with Crippen molar-refractivity contribution >= 4 is 22.2 Å². The van der Waals surface area contributed by atoms with E-state index in [9.17, 15) is 13.2 Å². The van der Waals surface area contributed by atoms with E-state index in [4.69, 9.17) is 9.66 Å². The Balaban J connectivity index is 0. The minimum absolute atomic E-state index is 0. The standard InChI is InChI=1S/C9H8O5S.Li.H/c10-9(11)8-3-1-2-7(6-8)4-5-15(12,13)14;;/h1-6H,(H,10,11)(H,12,13,14);;/q;+1;-1. The molecule has 0 aliphatic heterocycles. The van der Waals surface area contributed by atoms with Crippen molar-refractivity contribution in [3.8, 4) is 0 Å². The van der Waals surface area contributed by atoms with Gasteiger partial charge in [-0.2, -0.15) is 8.42 Å². The van der Waals surface area contributed by atoms with Crippen LogP contribution in [0, 0.1) is 0 Å². The number of aromatic carboxylic acids is 1. The van der Waals surface area contributed by atoms with Gasteiger partial charge in [0.25, 0.3) is 10.1 Å². The van der Waals surface area contributed by atoms with Crippen molar-refractivity contribution in [3.63, 3.8) is 0 Å². The molecule has 2 N–H and O–H groups in total. The maximum absolute atomic E-state index is 10.6. The van der Waals surface area contributed by atoms with Crippen molar-refractivity contribution in [1.82, 2.24) is 0 Å². The van der Waals surface area contributed by atoms with Gasteiger partial charge < -0.3 is 6.53 Å². The molecule has 0 atom stereocenters. The Bertz CT molecular complexity index is 512. The summed E-state index contributed by atoms with van der Waals surface area (Å²) in [5, 5.41) is 9.24. The molecule has 0 heterocycles. The Morgan fingerprint density at radius 2 is 2.00 bits per heavy atom. The Hall–Kier alpha value is -1.06. The third kappa shape index (κ3) is 5.14. The summed E-state index contributed by atoms with van der Waals surface area (Å²) in [4.78, 5) is 10.6. The van der Waals surface area contributed by atoms with Crippen LogP contribution in [0.1, 0.15) is 17.3 Å². The number of carboxylic acid groups (broad SMARTS) is 1. The first kappa shape index (κ1) is 14.9. The van der Waals surface area contributed by atoms with E-state index < -0.39 is 16.1 Å². The van der Waals surface area contributed by atoms with E-state index in [2.05, 4.69) is 0 Å². The number of rotatable bonds is 3. The van der Waals surface area contributed by atoms with Crippen LogP contribution in [0.2, 0.25) is 0 Å². The molecule has 16 heavy (non-hydrogen) atoms. The Labute approximate surface area is 106 Å². The summed E-state index contributed by atoms with van der Waals surface area (Å²) >= 11 is 0. The normalized spacial score (nSPS) is 11.1. The first-order valence-electron chi connectivity index (χ1n) is 3.87. The number of hydrogen-bond acceptors (Lipinski definition) is 3. The van der Waals surface area contributed by atoms with Crippen LogP contribution in [0.25, 0.3) is 6.08 Å². The number of hydrogen-bond donors (Lipinski definition) is 2. The van der Waals surface area contributed by atoms with Crippen molar-refractivity contribution in [2.24, 2.45) is 0 Å². The predicted molar refractivity (Wildman–Crippen MR) is 55.1 cm³/mol. The molecule has 7 heteroatoms. The van der Waals surface area contributed by atoms with Gasteiger partial charge in [-0.1, -0.05) is 12.1 Å². The second-order valence-electron chi connectivity index (χ2n) is 2.75. The van der Waals surface area contributed by atoms with Crippen molar-refractivity contribution < 1.29 is 43.2 Å². The summed E-state index contributed by atoms with van der Waals surface area (Å²) in [5.74, 6) is -1.10. The SMILES string of the molecule is O=C(O)c1cccc(C=CS(=O)(=O)O)c1.[H-].[Li+]. The zero-order valence-corrected chi connectivity index (χ0v) is 9.31. The second-order valence-corrected chi connectivity index (χ2v) is 4.05. The summed E-state index contributed by atoms with van der Waals surface area (Å²) in [6.45, 7) is 0. The quantitative estimate of drug-likeness (QED) is 0.485. The summed E-state index contributed by atoms with van der Waals surface area (Å²) < 4.78 is 29.2. The van der Waals surface area contributed by atoms with Gasteiger partial charge in [-0.25, -0.2) is 4.79 Å². The van der Waals surface area contributed by atoms with Crippen molar-refractivity contribution in [3.05, 3.63) is 40.8 Å². The smallest absolute Gasteiger partial charge is 1.00 e. The molecule has 0 aromatic heterocycles. The Morgan fingerprint density at radius 1 is 1.38 bits per heavy atom. The molecule has 0 bridgehead atoms. The number of carboxylic acids is 1. The van der Waals surface area contributed by atoms with E-state index >= 15 is 0 Å². The predicted octanol–water partition coefficient (Wildman–Crippen LogP) is -1.64. The average molecular weight is 236 g/mol. The van der Waals surface area contributed by atoms with Crippen LogP contribution in [0.4, 0.5) is 0 Å². The number of benzene rings is 1. The topological polar surface area (TPSA) is 91.7 Å².